The van der Waals surface area contributed by atoms with E-state index in [0.29, 0.717) is 26.2 Å². The molecule has 0 unspecified atom stereocenters. The van der Waals surface area contributed by atoms with Gasteiger partial charge in [0.15, 0.2) is 5.03 Å². The van der Waals surface area contributed by atoms with Crippen molar-refractivity contribution in [3.05, 3.63) is 24.3 Å². The number of sulfonamides is 1. The van der Waals surface area contributed by atoms with Gasteiger partial charge in [0, 0.05) is 64.6 Å². The average Bonchev–Trinajstić information content (AvgIpc) is 3.38. The van der Waals surface area contributed by atoms with E-state index in [-0.39, 0.29) is 10.9 Å². The second kappa shape index (κ2) is 7.91. The first-order valence-corrected chi connectivity index (χ1v) is 11.7. The Morgan fingerprint density at radius 1 is 0.966 bits per heavy atom. The number of anilines is 2. The lowest BCUT2D eigenvalue weighted by Gasteiger charge is -2.34. The molecule has 10 heteroatoms. The van der Waals surface area contributed by atoms with Gasteiger partial charge < -0.3 is 14.4 Å². The van der Waals surface area contributed by atoms with Crippen LogP contribution in [-0.4, -0.2) is 71.5 Å². The van der Waals surface area contributed by atoms with Crippen molar-refractivity contribution in [2.75, 3.05) is 49.1 Å². The quantitative estimate of drug-likeness (QED) is 0.725. The number of aryl methyl sites for hydroxylation is 1. The van der Waals surface area contributed by atoms with Crippen LogP contribution in [0.15, 0.2) is 23.5 Å². The highest BCUT2D eigenvalue weighted by atomic mass is 32.2. The third-order valence-electron chi connectivity index (χ3n) is 5.59. The predicted molar refractivity (Wildman–Crippen MR) is 112 cm³/mol. The van der Waals surface area contributed by atoms with E-state index in [4.69, 9.17) is 4.98 Å². The highest BCUT2D eigenvalue weighted by Crippen LogP contribution is 2.23. The monoisotopic (exact) mass is 419 g/mol. The van der Waals surface area contributed by atoms with Gasteiger partial charge in [-0.1, -0.05) is 13.8 Å². The minimum atomic E-state index is -3.59. The molecule has 158 valence electrons. The summed E-state index contributed by atoms with van der Waals surface area (Å²) in [6.07, 6.45) is 5.76. The topological polar surface area (TPSA) is 87.5 Å². The van der Waals surface area contributed by atoms with E-state index >= 15 is 0 Å². The predicted octanol–water partition coefficient (Wildman–Crippen LogP) is 1.44. The number of piperazine rings is 1. The maximum absolute atomic E-state index is 13.0. The zero-order valence-corrected chi connectivity index (χ0v) is 18.1. The van der Waals surface area contributed by atoms with Crippen LogP contribution in [0.4, 0.5) is 11.8 Å². The van der Waals surface area contributed by atoms with E-state index in [9.17, 15) is 8.42 Å². The van der Waals surface area contributed by atoms with Crippen LogP contribution < -0.4 is 9.80 Å². The van der Waals surface area contributed by atoms with Crippen LogP contribution >= 0.6 is 0 Å². The van der Waals surface area contributed by atoms with E-state index in [2.05, 4.69) is 19.8 Å². The van der Waals surface area contributed by atoms with Crippen LogP contribution in [0.1, 0.15) is 38.4 Å². The van der Waals surface area contributed by atoms with E-state index in [1.807, 2.05) is 27.0 Å². The summed E-state index contributed by atoms with van der Waals surface area (Å²) >= 11 is 0. The van der Waals surface area contributed by atoms with Gasteiger partial charge in [-0.2, -0.15) is 9.29 Å². The van der Waals surface area contributed by atoms with Crippen LogP contribution in [0.2, 0.25) is 0 Å². The van der Waals surface area contributed by atoms with E-state index < -0.39 is 10.0 Å². The molecule has 2 aliphatic heterocycles. The zero-order chi connectivity index (χ0) is 20.6. The molecule has 2 aliphatic rings. The summed E-state index contributed by atoms with van der Waals surface area (Å²) in [5, 5.41) is 0.135. The highest BCUT2D eigenvalue weighted by Gasteiger charge is 2.31. The Balaban J connectivity index is 1.45. The Hall–Kier alpha value is -2.20. The Kier molecular flexibility index (Phi) is 5.48. The Morgan fingerprint density at radius 2 is 1.66 bits per heavy atom. The van der Waals surface area contributed by atoms with E-state index in [0.717, 1.165) is 30.7 Å². The summed E-state index contributed by atoms with van der Waals surface area (Å²) in [6, 6.07) is 1.90. The molecule has 2 fully saturated rings. The summed E-state index contributed by atoms with van der Waals surface area (Å²) < 4.78 is 29.4. The van der Waals surface area contributed by atoms with Crippen LogP contribution in [0.25, 0.3) is 0 Å². The van der Waals surface area contributed by atoms with Gasteiger partial charge in [-0.25, -0.2) is 18.4 Å². The van der Waals surface area contributed by atoms with Gasteiger partial charge >= 0.3 is 0 Å². The van der Waals surface area contributed by atoms with Gasteiger partial charge in [-0.3, -0.25) is 0 Å². The first-order chi connectivity index (χ1) is 13.9. The standard InChI is InChI=1S/C19H29N7O2S/c1-15(2)18-22-17(14-23(18)3)29(27,28)26-12-10-24(11-13-26)16-6-7-20-19(21-16)25-8-4-5-9-25/h6-7,14-15H,4-5,8-13H2,1-3H3. The number of imidazole rings is 1. The summed E-state index contributed by atoms with van der Waals surface area (Å²) in [5.41, 5.74) is 0. The molecule has 0 aliphatic carbocycles. The van der Waals surface area contributed by atoms with Crippen molar-refractivity contribution in [2.24, 2.45) is 7.05 Å². The first-order valence-electron chi connectivity index (χ1n) is 10.2. The Morgan fingerprint density at radius 3 is 2.28 bits per heavy atom. The molecule has 2 aromatic heterocycles. The SMILES string of the molecule is CC(C)c1nc(S(=O)(=O)N2CCN(c3ccnc(N4CCCC4)n3)CC2)cn1C. The highest BCUT2D eigenvalue weighted by molar-refractivity contribution is 7.89. The molecule has 0 aromatic carbocycles. The third kappa shape index (κ3) is 3.95. The largest absolute Gasteiger partial charge is 0.354 e. The average molecular weight is 420 g/mol. The lowest BCUT2D eigenvalue weighted by molar-refractivity contribution is 0.382. The lowest BCUT2D eigenvalue weighted by atomic mass is 10.2. The number of hydrogen-bond donors (Lipinski definition) is 0. The fourth-order valence-corrected chi connectivity index (χ4v) is 5.40. The number of hydrogen-bond acceptors (Lipinski definition) is 7. The molecule has 0 radical (unpaired) electrons. The van der Waals surface area contributed by atoms with E-state index in [1.165, 1.54) is 17.1 Å². The van der Waals surface area contributed by atoms with Crippen molar-refractivity contribution in [3.8, 4) is 0 Å². The molecule has 0 spiro atoms. The maximum Gasteiger partial charge on any atom is 0.262 e. The molecule has 2 aromatic rings. The summed E-state index contributed by atoms with van der Waals surface area (Å²) in [6.45, 7) is 8.04. The van der Waals surface area contributed by atoms with E-state index in [1.54, 1.807) is 17.0 Å². The number of rotatable bonds is 5. The lowest BCUT2D eigenvalue weighted by Crippen LogP contribution is -2.49. The van der Waals surface area contributed by atoms with Crippen molar-refractivity contribution in [1.29, 1.82) is 0 Å². The molecule has 0 N–H and O–H groups in total. The molecule has 4 rings (SSSR count). The number of nitrogens with zero attached hydrogens (tertiary/aromatic N) is 7. The van der Waals surface area contributed by atoms with Crippen LogP contribution in [0, 0.1) is 0 Å². The molecule has 0 bridgehead atoms. The van der Waals surface area contributed by atoms with Gasteiger partial charge in [-0.15, -0.1) is 0 Å². The molecule has 0 amide bonds. The third-order valence-corrected chi connectivity index (χ3v) is 7.36. The van der Waals surface area contributed by atoms with Crippen molar-refractivity contribution in [3.63, 3.8) is 0 Å². The second-order valence-corrected chi connectivity index (χ2v) is 9.89. The summed E-state index contributed by atoms with van der Waals surface area (Å²) in [7, 11) is -1.75. The molecule has 2 saturated heterocycles. The van der Waals surface area contributed by atoms with Gasteiger partial charge in [0.1, 0.15) is 11.6 Å². The van der Waals surface area contributed by atoms with Crippen LogP contribution in [0.3, 0.4) is 0 Å². The van der Waals surface area contributed by atoms with Gasteiger partial charge in [-0.05, 0) is 18.9 Å². The van der Waals surface area contributed by atoms with Crippen molar-refractivity contribution >= 4 is 21.8 Å². The normalized spacial score (nSPS) is 18.8. The zero-order valence-electron chi connectivity index (χ0n) is 17.3. The van der Waals surface area contributed by atoms with Crippen LogP contribution in [0.5, 0.6) is 0 Å². The summed E-state index contributed by atoms with van der Waals surface area (Å²) in [4.78, 5) is 17.8. The smallest absolute Gasteiger partial charge is 0.262 e. The molecule has 9 nitrogen and oxygen atoms in total. The van der Waals surface area contributed by atoms with Crippen molar-refractivity contribution in [1.82, 2.24) is 23.8 Å². The van der Waals surface area contributed by atoms with Gasteiger partial charge in [0.25, 0.3) is 10.0 Å². The van der Waals surface area contributed by atoms with Gasteiger partial charge in [0.05, 0.1) is 0 Å². The maximum atomic E-state index is 13.0. The minimum absolute atomic E-state index is 0.135. The Labute approximate surface area is 172 Å². The fourth-order valence-electron chi connectivity index (χ4n) is 3.99. The first kappa shape index (κ1) is 20.1. The fraction of sp³-hybridized carbons (Fsp3) is 0.632. The Bertz CT molecular complexity index is 959. The molecular weight excluding hydrogens is 390 g/mol. The molecule has 29 heavy (non-hydrogen) atoms. The molecule has 4 heterocycles. The summed E-state index contributed by atoms with van der Waals surface area (Å²) in [5.74, 6) is 2.57. The second-order valence-electron chi connectivity index (χ2n) is 8.00. The van der Waals surface area contributed by atoms with Crippen molar-refractivity contribution < 1.29 is 8.42 Å². The molecule has 0 atom stereocenters. The van der Waals surface area contributed by atoms with Crippen molar-refractivity contribution in [2.45, 2.75) is 37.6 Å². The van der Waals surface area contributed by atoms with Crippen LogP contribution in [-0.2, 0) is 17.1 Å². The minimum Gasteiger partial charge on any atom is -0.354 e. The molecular formula is C19H29N7O2S. The molecule has 0 saturated carbocycles. The number of aromatic nitrogens is 4. The van der Waals surface area contributed by atoms with Gasteiger partial charge in [0.2, 0.25) is 5.95 Å².